The van der Waals surface area contributed by atoms with Crippen LogP contribution in [-0.2, 0) is 5.54 Å². The third-order valence-electron chi connectivity index (χ3n) is 3.71. The zero-order valence-electron chi connectivity index (χ0n) is 10.0. The Bertz CT molecular complexity index is 486. The van der Waals surface area contributed by atoms with Gasteiger partial charge in [-0.25, -0.2) is 4.39 Å². The van der Waals surface area contributed by atoms with E-state index in [4.69, 9.17) is 15.2 Å². The zero-order valence-corrected chi connectivity index (χ0v) is 10.0. The van der Waals surface area contributed by atoms with Gasteiger partial charge >= 0.3 is 0 Å². The maximum absolute atomic E-state index is 13.7. The van der Waals surface area contributed by atoms with Crippen molar-refractivity contribution in [1.29, 1.82) is 0 Å². The Labute approximate surface area is 105 Å². The van der Waals surface area contributed by atoms with Crippen LogP contribution in [-0.4, -0.2) is 18.3 Å². The van der Waals surface area contributed by atoms with Crippen molar-refractivity contribution < 1.29 is 19.0 Å². The summed E-state index contributed by atoms with van der Waals surface area (Å²) in [6.07, 6.45) is 3.15. The summed E-state index contributed by atoms with van der Waals surface area (Å²) in [4.78, 5) is 0. The quantitative estimate of drug-likeness (QED) is 0.803. The summed E-state index contributed by atoms with van der Waals surface area (Å²) in [7, 11) is 0. The first kappa shape index (κ1) is 11.6. The normalized spacial score (nSPS) is 21.0. The minimum atomic E-state index is -0.703. The largest absolute Gasteiger partial charge is 0.504 e. The van der Waals surface area contributed by atoms with Gasteiger partial charge in [0.25, 0.3) is 0 Å². The summed E-state index contributed by atoms with van der Waals surface area (Å²) >= 11 is 0. The van der Waals surface area contributed by atoms with Gasteiger partial charge in [0.05, 0.1) is 18.8 Å². The number of phenols is 1. The van der Waals surface area contributed by atoms with E-state index in [0.29, 0.717) is 30.3 Å². The lowest BCUT2D eigenvalue weighted by Gasteiger charge is -2.39. The number of fused-ring (bicyclic) bond motifs is 1. The molecule has 0 amide bonds. The Hall–Kier alpha value is -1.49. The summed E-state index contributed by atoms with van der Waals surface area (Å²) in [6, 6.07) is 1.17. The number of ether oxygens (including phenoxy) is 2. The highest BCUT2D eigenvalue weighted by Crippen LogP contribution is 2.51. The summed E-state index contributed by atoms with van der Waals surface area (Å²) < 4.78 is 24.8. The van der Waals surface area contributed by atoms with E-state index in [-0.39, 0.29) is 0 Å². The SMILES string of the molecule is NC1(c2c(O)c(F)cc3c2OCCCO3)CCC1. The molecular formula is C13H16FNO3. The number of nitrogens with two attached hydrogens (primary N) is 1. The Morgan fingerprint density at radius 2 is 1.94 bits per heavy atom. The van der Waals surface area contributed by atoms with E-state index in [1.165, 1.54) is 6.07 Å². The molecule has 1 aliphatic carbocycles. The predicted molar refractivity (Wildman–Crippen MR) is 63.4 cm³/mol. The lowest BCUT2D eigenvalue weighted by molar-refractivity contribution is 0.225. The fourth-order valence-electron chi connectivity index (χ4n) is 2.53. The second-order valence-electron chi connectivity index (χ2n) is 4.97. The highest BCUT2D eigenvalue weighted by molar-refractivity contribution is 5.58. The van der Waals surface area contributed by atoms with Crippen LogP contribution >= 0.6 is 0 Å². The molecule has 0 spiro atoms. The van der Waals surface area contributed by atoms with E-state index < -0.39 is 17.1 Å². The molecule has 1 fully saturated rings. The van der Waals surface area contributed by atoms with Crippen molar-refractivity contribution in [2.24, 2.45) is 5.73 Å². The average Bonchev–Trinajstić information content (AvgIpc) is 2.53. The smallest absolute Gasteiger partial charge is 0.170 e. The molecule has 98 valence electrons. The van der Waals surface area contributed by atoms with Crippen LogP contribution in [0.3, 0.4) is 0 Å². The van der Waals surface area contributed by atoms with Gasteiger partial charge in [-0.15, -0.1) is 0 Å². The highest BCUT2D eigenvalue weighted by atomic mass is 19.1. The maximum Gasteiger partial charge on any atom is 0.170 e. The first-order valence-corrected chi connectivity index (χ1v) is 6.22. The molecule has 3 N–H and O–H groups in total. The van der Waals surface area contributed by atoms with E-state index in [1.54, 1.807) is 0 Å². The number of benzene rings is 1. The second kappa shape index (κ2) is 4.02. The monoisotopic (exact) mass is 253 g/mol. The van der Waals surface area contributed by atoms with Crippen molar-refractivity contribution in [3.8, 4) is 17.2 Å². The first-order chi connectivity index (χ1) is 8.62. The van der Waals surface area contributed by atoms with Crippen LogP contribution in [0, 0.1) is 5.82 Å². The van der Waals surface area contributed by atoms with Crippen molar-refractivity contribution in [1.82, 2.24) is 0 Å². The van der Waals surface area contributed by atoms with E-state index in [1.807, 2.05) is 0 Å². The van der Waals surface area contributed by atoms with Gasteiger partial charge in [-0.1, -0.05) is 0 Å². The minimum absolute atomic E-state index is 0.342. The number of hydrogen-bond donors (Lipinski definition) is 2. The zero-order chi connectivity index (χ0) is 12.8. The Morgan fingerprint density at radius 3 is 2.61 bits per heavy atom. The highest BCUT2D eigenvalue weighted by Gasteiger charge is 2.41. The topological polar surface area (TPSA) is 64.7 Å². The van der Waals surface area contributed by atoms with Crippen molar-refractivity contribution >= 4 is 0 Å². The van der Waals surface area contributed by atoms with Crippen molar-refractivity contribution in [2.45, 2.75) is 31.2 Å². The second-order valence-corrected chi connectivity index (χ2v) is 4.97. The van der Waals surface area contributed by atoms with E-state index >= 15 is 0 Å². The molecule has 18 heavy (non-hydrogen) atoms. The predicted octanol–water partition coefficient (Wildman–Crippen LogP) is 2.03. The third kappa shape index (κ3) is 1.61. The van der Waals surface area contributed by atoms with E-state index in [2.05, 4.69) is 0 Å². The van der Waals surface area contributed by atoms with Crippen LogP contribution in [0.2, 0.25) is 0 Å². The molecule has 2 aliphatic rings. The van der Waals surface area contributed by atoms with Crippen LogP contribution in [0.4, 0.5) is 4.39 Å². The Balaban J connectivity index is 2.18. The standard InChI is InChI=1S/C13H16FNO3/c14-8-7-9-12(18-6-2-5-17-9)10(11(8)16)13(15)3-1-4-13/h7,16H,1-6,15H2. The first-order valence-electron chi connectivity index (χ1n) is 6.22. The molecule has 0 radical (unpaired) electrons. The van der Waals surface area contributed by atoms with Crippen molar-refractivity contribution in [2.75, 3.05) is 13.2 Å². The van der Waals surface area contributed by atoms with Crippen LogP contribution in [0.25, 0.3) is 0 Å². The van der Waals surface area contributed by atoms with Crippen molar-refractivity contribution in [3.63, 3.8) is 0 Å². The molecule has 0 aromatic heterocycles. The molecule has 0 atom stereocenters. The molecule has 0 bridgehead atoms. The maximum atomic E-state index is 13.7. The fourth-order valence-corrected chi connectivity index (χ4v) is 2.53. The van der Waals surface area contributed by atoms with Gasteiger partial charge < -0.3 is 20.3 Å². The number of phenolic OH excluding ortho intramolecular Hbond substituents is 1. The fraction of sp³-hybridized carbons (Fsp3) is 0.538. The van der Waals surface area contributed by atoms with Crippen LogP contribution < -0.4 is 15.2 Å². The van der Waals surface area contributed by atoms with E-state index in [0.717, 1.165) is 25.7 Å². The average molecular weight is 253 g/mol. The summed E-state index contributed by atoms with van der Waals surface area (Å²) in [6.45, 7) is 0.968. The number of aromatic hydroxyl groups is 1. The van der Waals surface area contributed by atoms with Crippen LogP contribution in [0.5, 0.6) is 17.2 Å². The number of rotatable bonds is 1. The molecule has 1 aliphatic heterocycles. The van der Waals surface area contributed by atoms with Crippen molar-refractivity contribution in [3.05, 3.63) is 17.4 Å². The molecule has 1 saturated carbocycles. The molecular weight excluding hydrogens is 237 g/mol. The number of hydrogen-bond acceptors (Lipinski definition) is 4. The van der Waals surface area contributed by atoms with Gasteiger partial charge in [-0.05, 0) is 19.3 Å². The summed E-state index contributed by atoms with van der Waals surface area (Å²) in [5, 5.41) is 9.96. The molecule has 5 heteroatoms. The van der Waals surface area contributed by atoms with Gasteiger partial charge in [0, 0.05) is 18.0 Å². The Kier molecular flexibility index (Phi) is 2.59. The molecule has 1 aromatic carbocycles. The minimum Gasteiger partial charge on any atom is -0.504 e. The van der Waals surface area contributed by atoms with Gasteiger partial charge in [-0.2, -0.15) is 0 Å². The van der Waals surface area contributed by atoms with Gasteiger partial charge in [0.1, 0.15) is 0 Å². The molecule has 1 heterocycles. The van der Waals surface area contributed by atoms with Gasteiger partial charge in [-0.3, -0.25) is 0 Å². The summed E-state index contributed by atoms with van der Waals surface area (Å²) in [5.41, 5.74) is 5.88. The van der Waals surface area contributed by atoms with Gasteiger partial charge in [0.2, 0.25) is 0 Å². The molecule has 1 aromatic rings. The van der Waals surface area contributed by atoms with Crippen LogP contribution in [0.15, 0.2) is 6.07 Å². The lowest BCUT2D eigenvalue weighted by Crippen LogP contribution is -2.43. The van der Waals surface area contributed by atoms with Gasteiger partial charge in [0.15, 0.2) is 23.1 Å². The third-order valence-corrected chi connectivity index (χ3v) is 3.71. The molecule has 0 saturated heterocycles. The molecule has 3 rings (SSSR count). The molecule has 4 nitrogen and oxygen atoms in total. The molecule has 0 unspecified atom stereocenters. The summed E-state index contributed by atoms with van der Waals surface area (Å²) in [5.74, 6) is -0.351. The number of halogens is 1. The van der Waals surface area contributed by atoms with E-state index in [9.17, 15) is 9.50 Å². The van der Waals surface area contributed by atoms with Crippen LogP contribution in [0.1, 0.15) is 31.2 Å². The lowest BCUT2D eigenvalue weighted by atomic mass is 9.72. The Morgan fingerprint density at radius 1 is 1.22 bits per heavy atom.